The first-order valence-corrected chi connectivity index (χ1v) is 8.59. The van der Waals surface area contributed by atoms with Crippen LogP contribution in [-0.2, 0) is 9.59 Å². The zero-order chi connectivity index (χ0) is 14.9. The predicted octanol–water partition coefficient (Wildman–Crippen LogP) is 2.97. The van der Waals surface area contributed by atoms with Gasteiger partial charge in [0.1, 0.15) is 6.04 Å². The Morgan fingerprint density at radius 1 is 1.35 bits per heavy atom. The Kier molecular flexibility index (Phi) is 4.67. The van der Waals surface area contributed by atoms with E-state index < -0.39 is 12.0 Å². The van der Waals surface area contributed by atoms with E-state index in [-0.39, 0.29) is 16.7 Å². The molecule has 114 valence electrons. The molecule has 20 heavy (non-hydrogen) atoms. The zero-order valence-electron chi connectivity index (χ0n) is 12.6. The third-order valence-corrected chi connectivity index (χ3v) is 5.77. The Balaban J connectivity index is 2.24. The number of amides is 1. The van der Waals surface area contributed by atoms with Crippen LogP contribution >= 0.6 is 11.8 Å². The summed E-state index contributed by atoms with van der Waals surface area (Å²) in [5, 5.41) is 9.33. The molecule has 1 amide bonds. The third-order valence-electron chi connectivity index (χ3n) is 4.56. The number of carboxylic acids is 1. The van der Waals surface area contributed by atoms with Gasteiger partial charge in [-0.3, -0.25) is 4.79 Å². The van der Waals surface area contributed by atoms with Crippen LogP contribution in [0.5, 0.6) is 0 Å². The molecule has 1 heterocycles. The van der Waals surface area contributed by atoms with Gasteiger partial charge >= 0.3 is 5.97 Å². The van der Waals surface area contributed by atoms with E-state index in [1.807, 2.05) is 6.92 Å². The normalized spacial score (nSPS) is 29.1. The van der Waals surface area contributed by atoms with Crippen molar-refractivity contribution in [2.75, 3.05) is 5.75 Å². The lowest BCUT2D eigenvalue weighted by Gasteiger charge is -2.37. The van der Waals surface area contributed by atoms with E-state index in [2.05, 4.69) is 13.8 Å². The molecule has 0 radical (unpaired) electrons. The van der Waals surface area contributed by atoms with Crippen molar-refractivity contribution in [1.82, 2.24) is 4.90 Å². The van der Waals surface area contributed by atoms with E-state index in [1.54, 1.807) is 16.7 Å². The smallest absolute Gasteiger partial charge is 0.327 e. The Bertz CT molecular complexity index is 391. The largest absolute Gasteiger partial charge is 0.480 e. The van der Waals surface area contributed by atoms with Crippen LogP contribution in [0.2, 0.25) is 0 Å². The van der Waals surface area contributed by atoms with Gasteiger partial charge in [-0.05, 0) is 32.1 Å². The summed E-state index contributed by atoms with van der Waals surface area (Å²) in [7, 11) is 0. The Labute approximate surface area is 125 Å². The Morgan fingerprint density at radius 2 is 1.95 bits per heavy atom. The third kappa shape index (κ3) is 2.83. The molecule has 0 aromatic heterocycles. The summed E-state index contributed by atoms with van der Waals surface area (Å²) < 4.78 is 0. The number of thioether (sulfide) groups is 1. The summed E-state index contributed by atoms with van der Waals surface area (Å²) in [5.41, 5.74) is -0.305. The van der Waals surface area contributed by atoms with Gasteiger partial charge in [-0.2, -0.15) is 0 Å². The summed E-state index contributed by atoms with van der Waals surface area (Å²) in [6, 6.07) is -0.646. The van der Waals surface area contributed by atoms with E-state index in [1.165, 1.54) is 0 Å². The van der Waals surface area contributed by atoms with Gasteiger partial charge in [0.05, 0.1) is 5.37 Å². The molecule has 0 aromatic rings. The van der Waals surface area contributed by atoms with Gasteiger partial charge in [0.15, 0.2) is 0 Å². The highest BCUT2D eigenvalue weighted by Gasteiger charge is 2.49. The lowest BCUT2D eigenvalue weighted by atomic mass is 9.77. The molecule has 1 saturated carbocycles. The van der Waals surface area contributed by atoms with Crippen molar-refractivity contribution in [3.8, 4) is 0 Å². The van der Waals surface area contributed by atoms with Crippen LogP contribution in [0.1, 0.15) is 52.9 Å². The van der Waals surface area contributed by atoms with Crippen molar-refractivity contribution in [1.29, 1.82) is 0 Å². The van der Waals surface area contributed by atoms with E-state index in [9.17, 15) is 14.7 Å². The highest BCUT2D eigenvalue weighted by molar-refractivity contribution is 8.00. The molecule has 2 atom stereocenters. The maximum Gasteiger partial charge on any atom is 0.327 e. The van der Waals surface area contributed by atoms with Gasteiger partial charge in [0.2, 0.25) is 5.91 Å². The predicted molar refractivity (Wildman–Crippen MR) is 80.5 cm³/mol. The maximum absolute atomic E-state index is 13.1. The number of nitrogens with zero attached hydrogens (tertiary/aromatic N) is 1. The molecule has 1 aliphatic carbocycles. The van der Waals surface area contributed by atoms with E-state index >= 15 is 0 Å². The van der Waals surface area contributed by atoms with Crippen molar-refractivity contribution >= 4 is 23.6 Å². The quantitative estimate of drug-likeness (QED) is 0.867. The van der Waals surface area contributed by atoms with Gasteiger partial charge in [-0.25, -0.2) is 4.79 Å². The topological polar surface area (TPSA) is 57.6 Å². The number of hydrogen-bond acceptors (Lipinski definition) is 3. The maximum atomic E-state index is 13.1. The average Bonchev–Trinajstić information content (AvgIpc) is 2.95. The van der Waals surface area contributed by atoms with Gasteiger partial charge < -0.3 is 10.0 Å². The van der Waals surface area contributed by atoms with Crippen LogP contribution in [0, 0.1) is 11.3 Å². The van der Waals surface area contributed by atoms with Crippen LogP contribution in [0.4, 0.5) is 0 Å². The highest BCUT2D eigenvalue weighted by atomic mass is 32.2. The number of carbonyl (C=O) groups is 2. The molecule has 2 fully saturated rings. The molecule has 4 nitrogen and oxygen atoms in total. The first-order valence-electron chi connectivity index (χ1n) is 7.54. The lowest BCUT2D eigenvalue weighted by Crippen LogP contribution is -2.51. The van der Waals surface area contributed by atoms with Crippen molar-refractivity contribution in [3.05, 3.63) is 0 Å². The second-order valence-corrected chi connectivity index (χ2v) is 7.93. The molecule has 2 unspecified atom stereocenters. The molecule has 2 rings (SSSR count). The van der Waals surface area contributed by atoms with Crippen LogP contribution in [0.3, 0.4) is 0 Å². The minimum absolute atomic E-state index is 0.0202. The van der Waals surface area contributed by atoms with E-state index in [0.29, 0.717) is 11.7 Å². The number of carbonyl (C=O) groups excluding carboxylic acids is 1. The Hall–Kier alpha value is -0.710. The van der Waals surface area contributed by atoms with Crippen molar-refractivity contribution < 1.29 is 14.7 Å². The number of hydrogen-bond donors (Lipinski definition) is 1. The van der Waals surface area contributed by atoms with E-state index in [0.717, 1.165) is 32.1 Å². The molecule has 1 aliphatic heterocycles. The minimum atomic E-state index is -0.868. The molecular weight excluding hydrogens is 274 g/mol. The van der Waals surface area contributed by atoms with Crippen molar-refractivity contribution in [3.63, 3.8) is 0 Å². The molecule has 2 aliphatic rings. The molecular formula is C15H25NO3S. The number of carboxylic acid groups (broad SMARTS) is 1. The lowest BCUT2D eigenvalue weighted by molar-refractivity contribution is -0.154. The number of aliphatic carboxylic acids is 1. The molecule has 0 aromatic carbocycles. The first kappa shape index (κ1) is 15.7. The van der Waals surface area contributed by atoms with Crippen LogP contribution in [0.15, 0.2) is 0 Å². The van der Waals surface area contributed by atoms with Crippen molar-refractivity contribution in [2.45, 2.75) is 64.3 Å². The van der Waals surface area contributed by atoms with Gasteiger partial charge in [-0.1, -0.05) is 26.7 Å². The second-order valence-electron chi connectivity index (χ2n) is 6.58. The summed E-state index contributed by atoms with van der Waals surface area (Å²) in [6.45, 7) is 6.23. The molecule has 0 bridgehead atoms. The van der Waals surface area contributed by atoms with E-state index in [4.69, 9.17) is 0 Å². The monoisotopic (exact) mass is 299 g/mol. The standard InChI is InChI=1S/C15H25NO3S/c1-10(2)8-15(6-4-5-7-15)14(19)16-11(3)20-9-12(16)13(17)18/h10-12H,4-9H2,1-3H3,(H,17,18). The van der Waals surface area contributed by atoms with Gasteiger partial charge in [-0.15, -0.1) is 11.8 Å². The summed E-state index contributed by atoms with van der Waals surface area (Å²) >= 11 is 1.57. The van der Waals surface area contributed by atoms with Crippen LogP contribution in [0.25, 0.3) is 0 Å². The van der Waals surface area contributed by atoms with Crippen LogP contribution < -0.4 is 0 Å². The molecule has 0 spiro atoms. The zero-order valence-corrected chi connectivity index (χ0v) is 13.4. The molecule has 1 N–H and O–H groups in total. The first-order chi connectivity index (χ1) is 9.37. The highest BCUT2D eigenvalue weighted by Crippen LogP contribution is 2.46. The summed E-state index contributed by atoms with van der Waals surface area (Å²) in [4.78, 5) is 26.1. The van der Waals surface area contributed by atoms with Crippen molar-refractivity contribution in [2.24, 2.45) is 11.3 Å². The summed E-state index contributed by atoms with van der Waals surface area (Å²) in [6.07, 6.45) is 4.90. The SMILES string of the molecule is CC(C)CC1(C(=O)N2C(C)SCC2C(=O)O)CCCC1. The number of rotatable bonds is 4. The van der Waals surface area contributed by atoms with Gasteiger partial charge in [0.25, 0.3) is 0 Å². The second kappa shape index (κ2) is 5.96. The fourth-order valence-electron chi connectivity index (χ4n) is 3.75. The fourth-order valence-corrected chi connectivity index (χ4v) is 4.92. The summed E-state index contributed by atoms with van der Waals surface area (Å²) in [5.74, 6) is 0.201. The average molecular weight is 299 g/mol. The van der Waals surface area contributed by atoms with Crippen LogP contribution in [-0.4, -0.2) is 39.1 Å². The fraction of sp³-hybridized carbons (Fsp3) is 0.867. The minimum Gasteiger partial charge on any atom is -0.480 e. The van der Waals surface area contributed by atoms with Gasteiger partial charge in [0, 0.05) is 11.2 Å². The molecule has 5 heteroatoms. The Morgan fingerprint density at radius 3 is 2.45 bits per heavy atom. The molecule has 1 saturated heterocycles.